The van der Waals surface area contributed by atoms with Gasteiger partial charge in [0.15, 0.2) is 0 Å². The molecule has 1 aromatic heterocycles. The Morgan fingerprint density at radius 2 is 2.05 bits per heavy atom. The minimum absolute atomic E-state index is 0.0680. The number of nitrogens with zero attached hydrogens (tertiary/aromatic N) is 4. The highest BCUT2D eigenvalue weighted by Gasteiger charge is 2.16. The van der Waals surface area contributed by atoms with E-state index < -0.39 is 4.92 Å². The average Bonchev–Trinajstić information content (AvgIpc) is 2.77. The van der Waals surface area contributed by atoms with Gasteiger partial charge in [0.1, 0.15) is 0 Å². The first-order chi connectivity index (χ1) is 8.90. The lowest BCUT2D eigenvalue weighted by atomic mass is 10.1. The number of nitro groups is 1. The number of benzene rings is 1. The minimum atomic E-state index is -0.401. The van der Waals surface area contributed by atoms with Gasteiger partial charge in [-0.3, -0.25) is 10.1 Å². The summed E-state index contributed by atoms with van der Waals surface area (Å²) < 4.78 is 1.51. The molecule has 0 radical (unpaired) electrons. The molecule has 7 heteroatoms. The van der Waals surface area contributed by atoms with E-state index in [4.69, 9.17) is 5.73 Å². The van der Waals surface area contributed by atoms with Gasteiger partial charge in [0.25, 0.3) is 5.69 Å². The normalized spacial score (nSPS) is 12.4. The zero-order chi connectivity index (χ0) is 14.2. The molecule has 100 valence electrons. The summed E-state index contributed by atoms with van der Waals surface area (Å²) in [5.41, 5.74) is 8.58. The van der Waals surface area contributed by atoms with E-state index in [1.165, 1.54) is 10.7 Å². The molecule has 0 aliphatic rings. The molecular weight excluding hydrogens is 246 g/mol. The highest BCUT2D eigenvalue weighted by molar-refractivity contribution is 5.53. The van der Waals surface area contributed by atoms with Crippen molar-refractivity contribution in [3.63, 3.8) is 0 Å². The summed E-state index contributed by atoms with van der Waals surface area (Å²) in [6, 6.07) is 3.04. The summed E-state index contributed by atoms with van der Waals surface area (Å²) in [6.45, 7) is 5.39. The van der Waals surface area contributed by atoms with Crippen molar-refractivity contribution in [3.8, 4) is 5.69 Å². The van der Waals surface area contributed by atoms with Gasteiger partial charge in [0, 0.05) is 17.7 Å². The number of hydrogen-bond acceptors (Lipinski definition) is 5. The van der Waals surface area contributed by atoms with Crippen molar-refractivity contribution < 1.29 is 4.92 Å². The summed E-state index contributed by atoms with van der Waals surface area (Å²) in [6.07, 6.45) is 1.69. The molecule has 2 N–H and O–H groups in total. The summed E-state index contributed by atoms with van der Waals surface area (Å²) in [5.74, 6) is 0. The van der Waals surface area contributed by atoms with Crippen molar-refractivity contribution in [1.29, 1.82) is 0 Å². The lowest BCUT2D eigenvalue weighted by Crippen LogP contribution is -2.05. The molecule has 1 aromatic carbocycles. The van der Waals surface area contributed by atoms with Gasteiger partial charge in [-0.15, -0.1) is 5.10 Å². The fourth-order valence-electron chi connectivity index (χ4n) is 1.88. The third-order valence-electron chi connectivity index (χ3n) is 2.94. The van der Waals surface area contributed by atoms with Gasteiger partial charge in [-0.2, -0.15) is 0 Å². The Labute approximate surface area is 110 Å². The smallest absolute Gasteiger partial charge is 0.274 e. The maximum atomic E-state index is 11.0. The van der Waals surface area contributed by atoms with Crippen LogP contribution in [0.25, 0.3) is 5.69 Å². The summed E-state index contributed by atoms with van der Waals surface area (Å²) >= 11 is 0. The molecule has 0 spiro atoms. The van der Waals surface area contributed by atoms with Crippen LogP contribution in [-0.2, 0) is 0 Å². The highest BCUT2D eigenvalue weighted by atomic mass is 16.6. The van der Waals surface area contributed by atoms with Crippen LogP contribution in [0, 0.1) is 24.0 Å². The molecule has 0 fully saturated rings. The second-order valence-electron chi connectivity index (χ2n) is 4.56. The van der Waals surface area contributed by atoms with E-state index in [0.717, 1.165) is 5.56 Å². The van der Waals surface area contributed by atoms with E-state index in [1.54, 1.807) is 26.1 Å². The van der Waals surface area contributed by atoms with E-state index in [0.29, 0.717) is 16.9 Å². The van der Waals surface area contributed by atoms with E-state index in [9.17, 15) is 10.1 Å². The van der Waals surface area contributed by atoms with Crippen LogP contribution in [0.3, 0.4) is 0 Å². The van der Waals surface area contributed by atoms with Crippen LogP contribution in [0.15, 0.2) is 18.3 Å². The third-order valence-corrected chi connectivity index (χ3v) is 2.94. The number of nitrogens with two attached hydrogens (primary N) is 1. The summed E-state index contributed by atoms with van der Waals surface area (Å²) in [4.78, 5) is 10.6. The lowest BCUT2D eigenvalue weighted by molar-refractivity contribution is -0.385. The predicted molar refractivity (Wildman–Crippen MR) is 70.1 cm³/mol. The maximum absolute atomic E-state index is 11.0. The number of aryl methyl sites for hydroxylation is 2. The van der Waals surface area contributed by atoms with Crippen LogP contribution < -0.4 is 5.73 Å². The molecule has 2 rings (SSSR count). The first-order valence-corrected chi connectivity index (χ1v) is 5.84. The molecular formula is C12H15N5O2. The minimum Gasteiger partial charge on any atom is -0.323 e. The Kier molecular flexibility index (Phi) is 3.30. The fraction of sp³-hybridized carbons (Fsp3) is 0.333. The molecule has 0 saturated heterocycles. The lowest BCUT2D eigenvalue weighted by Gasteiger charge is -2.07. The van der Waals surface area contributed by atoms with Gasteiger partial charge in [0.2, 0.25) is 0 Å². The monoisotopic (exact) mass is 261 g/mol. The highest BCUT2D eigenvalue weighted by Crippen LogP contribution is 2.25. The van der Waals surface area contributed by atoms with Crippen LogP contribution in [0.5, 0.6) is 0 Å². The average molecular weight is 261 g/mol. The SMILES string of the molecule is Cc1cc(C)c([N+](=O)[O-])cc1-n1cc(C(C)N)nn1. The molecule has 1 heterocycles. The van der Waals surface area contributed by atoms with Crippen LogP contribution in [0.4, 0.5) is 5.69 Å². The Bertz CT molecular complexity index is 633. The molecule has 1 unspecified atom stereocenters. The van der Waals surface area contributed by atoms with Crippen molar-refractivity contribution >= 4 is 5.69 Å². The quantitative estimate of drug-likeness (QED) is 0.670. The Hall–Kier alpha value is -2.28. The largest absolute Gasteiger partial charge is 0.323 e. The van der Waals surface area contributed by atoms with Crippen molar-refractivity contribution in [3.05, 3.63) is 45.3 Å². The molecule has 0 amide bonds. The molecule has 19 heavy (non-hydrogen) atoms. The number of nitro benzene ring substituents is 1. The fourth-order valence-corrected chi connectivity index (χ4v) is 1.88. The Balaban J connectivity index is 2.54. The van der Waals surface area contributed by atoms with Gasteiger partial charge >= 0.3 is 0 Å². The topological polar surface area (TPSA) is 99.9 Å². The summed E-state index contributed by atoms with van der Waals surface area (Å²) in [5, 5.41) is 18.9. The third kappa shape index (κ3) is 2.45. The first kappa shape index (κ1) is 13.2. The zero-order valence-corrected chi connectivity index (χ0v) is 11.0. The first-order valence-electron chi connectivity index (χ1n) is 5.84. The van der Waals surface area contributed by atoms with Crippen molar-refractivity contribution in [2.24, 2.45) is 5.73 Å². The van der Waals surface area contributed by atoms with E-state index in [2.05, 4.69) is 10.3 Å². The second kappa shape index (κ2) is 4.77. The Morgan fingerprint density at radius 1 is 1.37 bits per heavy atom. The predicted octanol–water partition coefficient (Wildman–Crippen LogP) is 1.81. The van der Waals surface area contributed by atoms with Gasteiger partial charge in [-0.1, -0.05) is 5.21 Å². The van der Waals surface area contributed by atoms with Crippen molar-refractivity contribution in [2.45, 2.75) is 26.8 Å². The maximum Gasteiger partial charge on any atom is 0.274 e. The molecule has 0 bridgehead atoms. The van der Waals surface area contributed by atoms with Gasteiger partial charge in [-0.05, 0) is 32.4 Å². The number of hydrogen-bond donors (Lipinski definition) is 1. The van der Waals surface area contributed by atoms with Crippen LogP contribution in [0.2, 0.25) is 0 Å². The standard InChI is InChI=1S/C12H15N5O2/c1-7-4-8(2)12(17(18)19)5-11(7)16-6-10(9(3)13)14-15-16/h4-6,9H,13H2,1-3H3. The van der Waals surface area contributed by atoms with Crippen LogP contribution in [0.1, 0.15) is 29.8 Å². The molecule has 7 nitrogen and oxygen atoms in total. The molecule has 0 aliphatic heterocycles. The summed E-state index contributed by atoms with van der Waals surface area (Å²) in [7, 11) is 0. The second-order valence-corrected chi connectivity index (χ2v) is 4.56. The van der Waals surface area contributed by atoms with Crippen molar-refractivity contribution in [1.82, 2.24) is 15.0 Å². The van der Waals surface area contributed by atoms with E-state index in [1.807, 2.05) is 6.92 Å². The molecule has 0 saturated carbocycles. The molecule has 1 atom stereocenters. The van der Waals surface area contributed by atoms with Gasteiger partial charge in [-0.25, -0.2) is 4.68 Å². The molecule has 0 aliphatic carbocycles. The van der Waals surface area contributed by atoms with E-state index >= 15 is 0 Å². The Morgan fingerprint density at radius 3 is 2.58 bits per heavy atom. The number of aromatic nitrogens is 3. The van der Waals surface area contributed by atoms with Crippen LogP contribution >= 0.6 is 0 Å². The molecule has 2 aromatic rings. The van der Waals surface area contributed by atoms with Crippen LogP contribution in [-0.4, -0.2) is 19.9 Å². The number of rotatable bonds is 3. The van der Waals surface area contributed by atoms with E-state index in [-0.39, 0.29) is 11.7 Å². The van der Waals surface area contributed by atoms with Gasteiger partial charge < -0.3 is 5.73 Å². The van der Waals surface area contributed by atoms with Gasteiger partial charge in [0.05, 0.1) is 22.5 Å². The van der Waals surface area contributed by atoms with Crippen molar-refractivity contribution in [2.75, 3.05) is 0 Å². The zero-order valence-electron chi connectivity index (χ0n) is 11.0.